The molecule has 1 aromatic carbocycles. The molecule has 3 heterocycles. The molecule has 1 atom stereocenters. The fourth-order valence-corrected chi connectivity index (χ4v) is 3.50. The Morgan fingerprint density at radius 1 is 1.43 bits per heavy atom. The summed E-state index contributed by atoms with van der Waals surface area (Å²) in [6.45, 7) is 0.835. The molecule has 0 aliphatic carbocycles. The van der Waals surface area contributed by atoms with Gasteiger partial charge in [0.05, 0.1) is 19.0 Å². The Morgan fingerprint density at radius 3 is 3.14 bits per heavy atom. The highest BCUT2D eigenvalue weighted by Gasteiger charge is 2.22. The van der Waals surface area contributed by atoms with Crippen LogP contribution in [-0.2, 0) is 4.74 Å². The smallest absolute Gasteiger partial charge is 0.212 e. The van der Waals surface area contributed by atoms with Crippen molar-refractivity contribution >= 4 is 16.3 Å². The lowest BCUT2D eigenvalue weighted by atomic mass is 10.1. The minimum absolute atomic E-state index is 0.150. The number of imidazole rings is 1. The van der Waals surface area contributed by atoms with Gasteiger partial charge in [-0.25, -0.2) is 9.50 Å². The highest BCUT2D eigenvalue weighted by atomic mass is 32.1. The van der Waals surface area contributed by atoms with E-state index in [0.29, 0.717) is 0 Å². The minimum Gasteiger partial charge on any atom is -0.497 e. The first-order chi connectivity index (χ1) is 10.3. The van der Waals surface area contributed by atoms with Crippen LogP contribution in [0.25, 0.3) is 16.2 Å². The monoisotopic (exact) mass is 301 g/mol. The van der Waals surface area contributed by atoms with Gasteiger partial charge in [0.15, 0.2) is 0 Å². The Labute approximate surface area is 126 Å². The Balaban J connectivity index is 1.69. The van der Waals surface area contributed by atoms with E-state index in [4.69, 9.17) is 9.47 Å². The number of rotatable bonds is 3. The average Bonchev–Trinajstić information content (AvgIpc) is 3.21. The first kappa shape index (κ1) is 12.8. The van der Waals surface area contributed by atoms with E-state index >= 15 is 0 Å². The van der Waals surface area contributed by atoms with Crippen molar-refractivity contribution in [3.63, 3.8) is 0 Å². The SMILES string of the molecule is COc1cccc(-c2cn3nc(C4CCCO4)sc3n2)c1. The van der Waals surface area contributed by atoms with Gasteiger partial charge in [-0.3, -0.25) is 0 Å². The highest BCUT2D eigenvalue weighted by molar-refractivity contribution is 7.16. The van der Waals surface area contributed by atoms with Gasteiger partial charge in [-0.2, -0.15) is 5.10 Å². The van der Waals surface area contributed by atoms with Crippen LogP contribution in [0.2, 0.25) is 0 Å². The molecule has 0 bridgehead atoms. The van der Waals surface area contributed by atoms with E-state index in [2.05, 4.69) is 10.1 Å². The number of hydrogen-bond donors (Lipinski definition) is 0. The minimum atomic E-state index is 0.150. The third-order valence-electron chi connectivity index (χ3n) is 3.63. The van der Waals surface area contributed by atoms with E-state index in [-0.39, 0.29) is 6.10 Å². The van der Waals surface area contributed by atoms with Crippen LogP contribution in [0.1, 0.15) is 24.0 Å². The van der Waals surface area contributed by atoms with Crippen LogP contribution in [0.15, 0.2) is 30.5 Å². The number of benzene rings is 1. The van der Waals surface area contributed by atoms with Crippen molar-refractivity contribution in [1.82, 2.24) is 14.6 Å². The number of fused-ring (bicyclic) bond motifs is 1. The molecule has 108 valence electrons. The lowest BCUT2D eigenvalue weighted by Crippen LogP contribution is -1.95. The molecule has 5 nitrogen and oxygen atoms in total. The lowest BCUT2D eigenvalue weighted by molar-refractivity contribution is 0.111. The molecule has 2 aromatic heterocycles. The number of methoxy groups -OCH3 is 1. The van der Waals surface area contributed by atoms with Crippen molar-refractivity contribution in [2.24, 2.45) is 0 Å². The van der Waals surface area contributed by atoms with Gasteiger partial charge in [0, 0.05) is 12.2 Å². The maximum atomic E-state index is 5.67. The number of ether oxygens (including phenoxy) is 2. The van der Waals surface area contributed by atoms with Crippen molar-refractivity contribution in [2.45, 2.75) is 18.9 Å². The van der Waals surface area contributed by atoms with Gasteiger partial charge in [0.25, 0.3) is 0 Å². The Bertz CT molecular complexity index is 743. The first-order valence-electron chi connectivity index (χ1n) is 6.95. The Morgan fingerprint density at radius 2 is 2.38 bits per heavy atom. The molecule has 0 spiro atoms. The summed E-state index contributed by atoms with van der Waals surface area (Å²) >= 11 is 1.60. The van der Waals surface area contributed by atoms with Gasteiger partial charge in [0.2, 0.25) is 4.96 Å². The molecule has 21 heavy (non-hydrogen) atoms. The molecule has 1 unspecified atom stereocenters. The molecule has 0 saturated carbocycles. The Hall–Kier alpha value is -1.92. The van der Waals surface area contributed by atoms with Crippen LogP contribution in [0.5, 0.6) is 5.75 Å². The summed E-state index contributed by atoms with van der Waals surface area (Å²) < 4.78 is 12.8. The van der Waals surface area contributed by atoms with Gasteiger partial charge in [-0.05, 0) is 25.0 Å². The summed E-state index contributed by atoms with van der Waals surface area (Å²) in [5, 5.41) is 5.62. The van der Waals surface area contributed by atoms with Crippen molar-refractivity contribution < 1.29 is 9.47 Å². The third-order valence-corrected chi connectivity index (χ3v) is 4.64. The summed E-state index contributed by atoms with van der Waals surface area (Å²) in [5.74, 6) is 0.830. The molecule has 0 N–H and O–H groups in total. The molecule has 0 amide bonds. The van der Waals surface area contributed by atoms with E-state index in [9.17, 15) is 0 Å². The molecule has 1 aliphatic heterocycles. The molecule has 1 fully saturated rings. The molecule has 6 heteroatoms. The Kier molecular flexibility index (Phi) is 3.12. The van der Waals surface area contributed by atoms with Crippen LogP contribution < -0.4 is 4.74 Å². The second kappa shape index (κ2) is 5.13. The number of nitrogens with zero attached hydrogens (tertiary/aromatic N) is 3. The summed E-state index contributed by atoms with van der Waals surface area (Å²) in [4.78, 5) is 5.56. The molecular formula is C15H15N3O2S. The van der Waals surface area contributed by atoms with Crippen LogP contribution in [-0.4, -0.2) is 28.3 Å². The zero-order chi connectivity index (χ0) is 14.2. The van der Waals surface area contributed by atoms with E-state index in [1.54, 1.807) is 18.4 Å². The van der Waals surface area contributed by atoms with Crippen molar-refractivity contribution in [3.8, 4) is 17.0 Å². The fraction of sp³-hybridized carbons (Fsp3) is 0.333. The zero-order valence-corrected chi connectivity index (χ0v) is 12.5. The van der Waals surface area contributed by atoms with Crippen LogP contribution in [0.3, 0.4) is 0 Å². The predicted octanol–water partition coefficient (Wildman–Crippen LogP) is 3.32. The lowest BCUT2D eigenvalue weighted by Gasteiger charge is -2.02. The third kappa shape index (κ3) is 2.30. The standard InChI is InChI=1S/C15H15N3O2S/c1-19-11-5-2-4-10(8-11)12-9-18-15(16-12)21-14(17-18)13-6-3-7-20-13/h2,4-5,8-9,13H,3,6-7H2,1H3. The summed E-state index contributed by atoms with van der Waals surface area (Å²) in [6.07, 6.45) is 4.28. The van der Waals surface area contributed by atoms with Gasteiger partial charge < -0.3 is 9.47 Å². The topological polar surface area (TPSA) is 48.7 Å². The van der Waals surface area contributed by atoms with Gasteiger partial charge in [0.1, 0.15) is 16.9 Å². The van der Waals surface area contributed by atoms with E-state index in [0.717, 1.165) is 46.4 Å². The molecule has 1 saturated heterocycles. The molecule has 1 aliphatic rings. The summed E-state index contributed by atoms with van der Waals surface area (Å²) in [7, 11) is 1.67. The summed E-state index contributed by atoms with van der Waals surface area (Å²) in [5.41, 5.74) is 1.94. The van der Waals surface area contributed by atoms with Gasteiger partial charge in [-0.15, -0.1) is 0 Å². The fourth-order valence-electron chi connectivity index (χ4n) is 2.54. The zero-order valence-electron chi connectivity index (χ0n) is 11.7. The van der Waals surface area contributed by atoms with Gasteiger partial charge in [-0.1, -0.05) is 23.5 Å². The van der Waals surface area contributed by atoms with Crippen molar-refractivity contribution in [3.05, 3.63) is 35.5 Å². The second-order valence-corrected chi connectivity index (χ2v) is 6.01. The molecule has 0 radical (unpaired) electrons. The maximum absolute atomic E-state index is 5.67. The van der Waals surface area contributed by atoms with E-state index in [1.165, 1.54) is 0 Å². The second-order valence-electron chi connectivity index (χ2n) is 5.03. The highest BCUT2D eigenvalue weighted by Crippen LogP contribution is 2.32. The number of aromatic nitrogens is 3. The maximum Gasteiger partial charge on any atom is 0.212 e. The molecule has 3 aromatic rings. The largest absolute Gasteiger partial charge is 0.497 e. The first-order valence-corrected chi connectivity index (χ1v) is 7.77. The summed E-state index contributed by atoms with van der Waals surface area (Å²) in [6, 6.07) is 7.89. The molecule has 4 rings (SSSR count). The average molecular weight is 301 g/mol. The van der Waals surface area contributed by atoms with Crippen molar-refractivity contribution in [1.29, 1.82) is 0 Å². The van der Waals surface area contributed by atoms with E-state index in [1.807, 2.05) is 35.0 Å². The molecular weight excluding hydrogens is 286 g/mol. The predicted molar refractivity (Wildman–Crippen MR) is 80.8 cm³/mol. The van der Waals surface area contributed by atoms with Gasteiger partial charge >= 0.3 is 0 Å². The van der Waals surface area contributed by atoms with E-state index < -0.39 is 0 Å². The van der Waals surface area contributed by atoms with Crippen LogP contribution in [0.4, 0.5) is 0 Å². The van der Waals surface area contributed by atoms with Crippen LogP contribution in [0, 0.1) is 0 Å². The van der Waals surface area contributed by atoms with Crippen molar-refractivity contribution in [2.75, 3.05) is 13.7 Å². The van der Waals surface area contributed by atoms with Crippen LogP contribution >= 0.6 is 11.3 Å². The quantitative estimate of drug-likeness (QED) is 0.744. The number of hydrogen-bond acceptors (Lipinski definition) is 5. The normalized spacial score (nSPS) is 18.4.